The van der Waals surface area contributed by atoms with E-state index in [9.17, 15) is 14.4 Å². The van der Waals surface area contributed by atoms with E-state index in [-0.39, 0.29) is 30.7 Å². The molecule has 0 atom stereocenters. The number of carbonyl (C=O) groups is 3. The second kappa shape index (κ2) is 8.91. The molecule has 0 aliphatic carbocycles. The smallest absolute Gasteiger partial charge is 0.236 e. The molecule has 2 amide bonds. The number of nitrogens with one attached hydrogen (secondary N) is 1. The summed E-state index contributed by atoms with van der Waals surface area (Å²) in [5.41, 5.74) is 0.566. The summed E-state index contributed by atoms with van der Waals surface area (Å²) in [5.74, 6) is 0.880. The van der Waals surface area contributed by atoms with E-state index in [0.29, 0.717) is 39.3 Å². The molecule has 1 N–H and O–H groups in total. The molecule has 35 heavy (non-hydrogen) atoms. The maximum Gasteiger partial charge on any atom is 0.236 e. The van der Waals surface area contributed by atoms with Crippen LogP contribution in [0.15, 0.2) is 29.8 Å². The molecular formula is C25H31N5O4S. The third kappa shape index (κ3) is 4.52. The molecule has 9 nitrogen and oxygen atoms in total. The van der Waals surface area contributed by atoms with Gasteiger partial charge >= 0.3 is 0 Å². The van der Waals surface area contributed by atoms with Crippen molar-refractivity contribution in [1.82, 2.24) is 19.7 Å². The number of fused-ring (bicyclic) bond motifs is 4. The van der Waals surface area contributed by atoms with Gasteiger partial charge in [-0.25, -0.2) is 4.98 Å². The lowest BCUT2D eigenvalue weighted by atomic mass is 9.64. The maximum absolute atomic E-state index is 13.3. The van der Waals surface area contributed by atoms with Crippen molar-refractivity contribution in [1.29, 1.82) is 0 Å². The predicted molar refractivity (Wildman–Crippen MR) is 132 cm³/mol. The molecular weight excluding hydrogens is 466 g/mol. The average molecular weight is 498 g/mol. The fourth-order valence-electron chi connectivity index (χ4n) is 5.82. The summed E-state index contributed by atoms with van der Waals surface area (Å²) in [7, 11) is 1.64. The largest absolute Gasteiger partial charge is 0.496 e. The lowest BCUT2D eigenvalue weighted by Crippen LogP contribution is -2.71. The van der Waals surface area contributed by atoms with Crippen LogP contribution in [0, 0.1) is 10.8 Å². The molecule has 4 aliphatic rings. The number of anilines is 1. The standard InChI is InChI=1S/C25H31N5O4S/c1-24-13-29-15-25(2,22(24)33)16-30(14-24)21(32)12-28(11-20(29)31)10-17-4-5-19(34-3)18(8-17)9-27-23-26-6-7-35-23/h4-8H,9-16H2,1-3H3,(H,26,27). The fraction of sp³-hybridized carbons (Fsp3) is 0.520. The first-order chi connectivity index (χ1) is 16.7. The Labute approximate surface area is 209 Å². The zero-order valence-electron chi connectivity index (χ0n) is 20.4. The molecule has 4 aliphatic heterocycles. The van der Waals surface area contributed by atoms with Crippen molar-refractivity contribution >= 4 is 34.1 Å². The molecule has 186 valence electrons. The highest BCUT2D eigenvalue weighted by Gasteiger charge is 2.57. The minimum absolute atomic E-state index is 0.0303. The van der Waals surface area contributed by atoms with Gasteiger partial charge in [0, 0.05) is 56.4 Å². The number of ether oxygens (including phenoxy) is 1. The summed E-state index contributed by atoms with van der Waals surface area (Å²) in [6, 6.07) is 5.93. The van der Waals surface area contributed by atoms with Crippen LogP contribution in [0.4, 0.5) is 5.13 Å². The van der Waals surface area contributed by atoms with Gasteiger partial charge in [-0.1, -0.05) is 6.07 Å². The summed E-state index contributed by atoms with van der Waals surface area (Å²) in [6.07, 6.45) is 1.75. The lowest BCUT2D eigenvalue weighted by Gasteiger charge is -2.56. The molecule has 4 fully saturated rings. The van der Waals surface area contributed by atoms with Gasteiger partial charge in [0.15, 0.2) is 10.9 Å². The quantitative estimate of drug-likeness (QED) is 0.651. The molecule has 6 rings (SSSR count). The third-order valence-electron chi connectivity index (χ3n) is 7.29. The zero-order chi connectivity index (χ0) is 24.8. The van der Waals surface area contributed by atoms with Crippen molar-refractivity contribution in [3.05, 3.63) is 40.9 Å². The van der Waals surface area contributed by atoms with Gasteiger partial charge in [-0.05, 0) is 31.5 Å². The van der Waals surface area contributed by atoms with Crippen LogP contribution in [0.1, 0.15) is 25.0 Å². The minimum Gasteiger partial charge on any atom is -0.496 e. The fourth-order valence-corrected chi connectivity index (χ4v) is 6.35. The first-order valence-corrected chi connectivity index (χ1v) is 12.7. The monoisotopic (exact) mass is 497 g/mol. The number of aromatic nitrogens is 1. The van der Waals surface area contributed by atoms with Gasteiger partial charge in [-0.3, -0.25) is 19.3 Å². The summed E-state index contributed by atoms with van der Waals surface area (Å²) >= 11 is 1.53. The maximum atomic E-state index is 13.3. The number of amides is 2. The minimum atomic E-state index is -0.700. The van der Waals surface area contributed by atoms with Gasteiger partial charge in [0.2, 0.25) is 11.8 Å². The van der Waals surface area contributed by atoms with Crippen LogP contribution >= 0.6 is 11.3 Å². The van der Waals surface area contributed by atoms with Crippen LogP contribution in [0.2, 0.25) is 0 Å². The van der Waals surface area contributed by atoms with Gasteiger partial charge in [0.1, 0.15) is 5.75 Å². The third-order valence-corrected chi connectivity index (χ3v) is 8.02. The van der Waals surface area contributed by atoms with E-state index in [4.69, 9.17) is 4.74 Å². The highest BCUT2D eigenvalue weighted by Crippen LogP contribution is 2.42. The molecule has 10 heteroatoms. The summed E-state index contributed by atoms with van der Waals surface area (Å²) in [5, 5.41) is 6.05. The van der Waals surface area contributed by atoms with E-state index in [1.54, 1.807) is 13.3 Å². The predicted octanol–water partition coefficient (Wildman–Crippen LogP) is 1.85. The van der Waals surface area contributed by atoms with Crippen LogP contribution in [-0.4, -0.2) is 83.7 Å². The van der Waals surface area contributed by atoms with E-state index in [0.717, 1.165) is 22.0 Å². The second-order valence-corrected chi connectivity index (χ2v) is 11.3. The Bertz CT molecular complexity index is 1100. The number of methoxy groups -OCH3 is 1. The molecule has 0 spiro atoms. The van der Waals surface area contributed by atoms with Crippen molar-refractivity contribution < 1.29 is 19.1 Å². The van der Waals surface area contributed by atoms with Gasteiger partial charge in [-0.15, -0.1) is 11.3 Å². The number of nitrogens with zero attached hydrogens (tertiary/aromatic N) is 4. The van der Waals surface area contributed by atoms with Crippen LogP contribution in [0.25, 0.3) is 0 Å². The van der Waals surface area contributed by atoms with E-state index < -0.39 is 10.8 Å². The molecule has 1 aromatic carbocycles. The number of hydrogen-bond donors (Lipinski definition) is 1. The van der Waals surface area contributed by atoms with E-state index >= 15 is 0 Å². The molecule has 2 aromatic rings. The summed E-state index contributed by atoms with van der Waals surface area (Å²) in [4.78, 5) is 49.6. The number of thiazole rings is 1. The van der Waals surface area contributed by atoms with Crippen LogP contribution in [0.5, 0.6) is 5.75 Å². The number of carbonyl (C=O) groups excluding carboxylic acids is 3. The Morgan fingerprint density at radius 3 is 2.20 bits per heavy atom. The summed E-state index contributed by atoms with van der Waals surface area (Å²) in [6.45, 7) is 6.54. The first kappa shape index (κ1) is 23.7. The van der Waals surface area contributed by atoms with Crippen molar-refractivity contribution in [2.45, 2.75) is 26.9 Å². The van der Waals surface area contributed by atoms with Gasteiger partial charge in [0.25, 0.3) is 0 Å². The van der Waals surface area contributed by atoms with Gasteiger partial charge in [0.05, 0.1) is 31.0 Å². The first-order valence-electron chi connectivity index (χ1n) is 11.8. The Hall–Kier alpha value is -2.98. The van der Waals surface area contributed by atoms with E-state index in [1.165, 1.54) is 11.3 Å². The Morgan fingerprint density at radius 1 is 1.03 bits per heavy atom. The molecule has 0 saturated carbocycles. The highest BCUT2D eigenvalue weighted by atomic mass is 32.1. The number of Topliss-reactive ketones (excluding diaryl/α,β-unsaturated/α-hetero) is 1. The zero-order valence-corrected chi connectivity index (χ0v) is 21.2. The van der Waals surface area contributed by atoms with E-state index in [2.05, 4.69) is 10.3 Å². The molecule has 0 radical (unpaired) electrons. The number of hydrogen-bond acceptors (Lipinski definition) is 8. The van der Waals surface area contributed by atoms with Crippen molar-refractivity contribution in [3.8, 4) is 5.75 Å². The molecule has 5 heterocycles. The van der Waals surface area contributed by atoms with Gasteiger partial charge < -0.3 is 19.9 Å². The molecule has 4 bridgehead atoms. The Morgan fingerprint density at radius 2 is 1.66 bits per heavy atom. The van der Waals surface area contributed by atoms with E-state index in [1.807, 2.05) is 52.1 Å². The number of benzene rings is 1. The number of rotatable bonds is 6. The van der Waals surface area contributed by atoms with Gasteiger partial charge in [-0.2, -0.15) is 0 Å². The van der Waals surface area contributed by atoms with Crippen LogP contribution in [-0.2, 0) is 27.5 Å². The average Bonchev–Trinajstić information content (AvgIpc) is 3.33. The molecule has 0 unspecified atom stereocenters. The highest BCUT2D eigenvalue weighted by molar-refractivity contribution is 7.13. The molecule has 4 saturated heterocycles. The topological polar surface area (TPSA) is 95.1 Å². The summed E-state index contributed by atoms with van der Waals surface area (Å²) < 4.78 is 5.53. The normalized spacial score (nSPS) is 27.0. The lowest BCUT2D eigenvalue weighted by molar-refractivity contribution is -0.169. The van der Waals surface area contributed by atoms with Crippen LogP contribution < -0.4 is 10.1 Å². The Kier molecular flexibility index (Phi) is 6.04. The SMILES string of the molecule is COc1ccc(CN2CC(=O)N3CC4(C)CN(CC(C)(C3)C4=O)C(=O)C2)cc1CNc1nccs1. The number of ketones is 1. The molecule has 1 aromatic heterocycles. The van der Waals surface area contributed by atoms with Crippen molar-refractivity contribution in [3.63, 3.8) is 0 Å². The van der Waals surface area contributed by atoms with Crippen molar-refractivity contribution in [2.75, 3.05) is 51.7 Å². The number of piperidine rings is 2. The van der Waals surface area contributed by atoms with Crippen LogP contribution in [0.3, 0.4) is 0 Å². The Balaban J connectivity index is 1.36. The second-order valence-electron chi connectivity index (χ2n) is 10.4. The van der Waals surface area contributed by atoms with Crippen molar-refractivity contribution in [2.24, 2.45) is 10.8 Å².